The highest BCUT2D eigenvalue weighted by Crippen LogP contribution is 2.31. The molecule has 5 nitrogen and oxygen atoms in total. The standard InChI is InChI=1S/C15H14FN5S/c16-10-5-6-12-11(8-10)14(18-9-17-12)22-15-20-19-13-4-2-1-3-7-21(13)15/h5-6,8-9H,1-4,7H2. The number of rotatable bonds is 2. The van der Waals surface area contributed by atoms with E-state index in [0.29, 0.717) is 10.4 Å². The van der Waals surface area contributed by atoms with Crippen LogP contribution in [-0.4, -0.2) is 24.7 Å². The van der Waals surface area contributed by atoms with E-state index in [9.17, 15) is 4.39 Å². The number of aromatic nitrogens is 5. The number of halogens is 1. The average molecular weight is 315 g/mol. The molecule has 0 fully saturated rings. The molecule has 3 heterocycles. The Balaban J connectivity index is 1.75. The molecule has 112 valence electrons. The van der Waals surface area contributed by atoms with Crippen molar-refractivity contribution in [2.45, 2.75) is 42.4 Å². The summed E-state index contributed by atoms with van der Waals surface area (Å²) in [4.78, 5) is 8.48. The number of nitrogens with zero attached hydrogens (tertiary/aromatic N) is 5. The molecular formula is C15H14FN5S. The van der Waals surface area contributed by atoms with Gasteiger partial charge in [-0.2, -0.15) is 0 Å². The van der Waals surface area contributed by atoms with Gasteiger partial charge in [0.1, 0.15) is 23.0 Å². The molecule has 0 N–H and O–H groups in total. The highest BCUT2D eigenvalue weighted by Gasteiger charge is 2.17. The lowest BCUT2D eigenvalue weighted by molar-refractivity contribution is 0.590. The molecule has 0 radical (unpaired) electrons. The molecule has 4 rings (SSSR count). The van der Waals surface area contributed by atoms with Gasteiger partial charge in [0, 0.05) is 18.4 Å². The monoisotopic (exact) mass is 315 g/mol. The van der Waals surface area contributed by atoms with Crippen LogP contribution < -0.4 is 0 Å². The van der Waals surface area contributed by atoms with Crippen LogP contribution in [0.25, 0.3) is 10.9 Å². The molecule has 0 saturated carbocycles. The van der Waals surface area contributed by atoms with Gasteiger partial charge in [-0.1, -0.05) is 6.42 Å². The van der Waals surface area contributed by atoms with Crippen LogP contribution >= 0.6 is 11.8 Å². The van der Waals surface area contributed by atoms with Crippen LogP contribution in [0.1, 0.15) is 25.1 Å². The van der Waals surface area contributed by atoms with Crippen molar-refractivity contribution in [1.82, 2.24) is 24.7 Å². The van der Waals surface area contributed by atoms with Crippen molar-refractivity contribution in [2.24, 2.45) is 0 Å². The molecule has 0 bridgehead atoms. The second-order valence-electron chi connectivity index (χ2n) is 5.30. The number of aryl methyl sites for hydroxylation is 1. The first-order chi connectivity index (χ1) is 10.8. The van der Waals surface area contributed by atoms with Crippen molar-refractivity contribution in [3.63, 3.8) is 0 Å². The maximum atomic E-state index is 13.5. The lowest BCUT2D eigenvalue weighted by Crippen LogP contribution is -2.02. The molecule has 1 aromatic carbocycles. The molecule has 1 aliphatic heterocycles. The Morgan fingerprint density at radius 2 is 2.05 bits per heavy atom. The Morgan fingerprint density at radius 1 is 1.09 bits per heavy atom. The van der Waals surface area contributed by atoms with Crippen LogP contribution in [0.4, 0.5) is 4.39 Å². The van der Waals surface area contributed by atoms with Crippen molar-refractivity contribution in [3.8, 4) is 0 Å². The highest BCUT2D eigenvalue weighted by atomic mass is 32.2. The van der Waals surface area contributed by atoms with Crippen LogP contribution in [0.5, 0.6) is 0 Å². The van der Waals surface area contributed by atoms with Gasteiger partial charge in [-0.05, 0) is 42.8 Å². The molecule has 0 aliphatic carbocycles. The van der Waals surface area contributed by atoms with Crippen LogP contribution in [0.3, 0.4) is 0 Å². The molecule has 0 atom stereocenters. The van der Waals surface area contributed by atoms with Gasteiger partial charge < -0.3 is 4.57 Å². The van der Waals surface area contributed by atoms with E-state index in [1.165, 1.54) is 36.6 Å². The van der Waals surface area contributed by atoms with Crippen LogP contribution in [0, 0.1) is 5.82 Å². The second kappa shape index (κ2) is 5.64. The third-order valence-electron chi connectivity index (χ3n) is 3.82. The minimum atomic E-state index is -0.288. The van der Waals surface area contributed by atoms with Crippen molar-refractivity contribution >= 4 is 22.7 Å². The SMILES string of the molecule is Fc1ccc2ncnc(Sc3nnc4n3CCCCC4)c2c1. The van der Waals surface area contributed by atoms with Gasteiger partial charge in [-0.3, -0.25) is 0 Å². The molecule has 7 heteroatoms. The summed E-state index contributed by atoms with van der Waals surface area (Å²) in [5.41, 5.74) is 0.731. The zero-order valence-corrected chi connectivity index (χ0v) is 12.7. The summed E-state index contributed by atoms with van der Waals surface area (Å²) in [6.07, 6.45) is 5.98. The normalized spacial score (nSPS) is 14.8. The largest absolute Gasteiger partial charge is 0.306 e. The molecule has 2 aromatic heterocycles. The highest BCUT2D eigenvalue weighted by molar-refractivity contribution is 7.99. The lowest BCUT2D eigenvalue weighted by Gasteiger charge is -2.07. The minimum Gasteiger partial charge on any atom is -0.306 e. The quantitative estimate of drug-likeness (QED) is 0.680. The summed E-state index contributed by atoms with van der Waals surface area (Å²) in [5.74, 6) is 0.744. The molecule has 22 heavy (non-hydrogen) atoms. The summed E-state index contributed by atoms with van der Waals surface area (Å²) < 4.78 is 15.7. The average Bonchev–Trinajstić information content (AvgIpc) is 2.76. The maximum absolute atomic E-state index is 13.5. The van der Waals surface area contributed by atoms with E-state index in [4.69, 9.17) is 0 Å². The maximum Gasteiger partial charge on any atom is 0.197 e. The van der Waals surface area contributed by atoms with Gasteiger partial charge in [-0.15, -0.1) is 10.2 Å². The third kappa shape index (κ3) is 2.45. The summed E-state index contributed by atoms with van der Waals surface area (Å²) in [5, 5.41) is 10.8. The zero-order valence-electron chi connectivity index (χ0n) is 11.9. The Labute approximate surface area is 131 Å². The summed E-state index contributed by atoms with van der Waals surface area (Å²) in [7, 11) is 0. The van der Waals surface area contributed by atoms with E-state index < -0.39 is 0 Å². The molecule has 3 aromatic rings. The van der Waals surface area contributed by atoms with E-state index in [0.717, 1.165) is 42.3 Å². The second-order valence-corrected chi connectivity index (χ2v) is 6.26. The fraction of sp³-hybridized carbons (Fsp3) is 0.333. The predicted molar refractivity (Wildman–Crippen MR) is 81.2 cm³/mol. The van der Waals surface area contributed by atoms with E-state index in [-0.39, 0.29) is 5.82 Å². The Morgan fingerprint density at radius 3 is 3.00 bits per heavy atom. The first kappa shape index (κ1) is 13.6. The minimum absolute atomic E-state index is 0.288. The Hall–Kier alpha value is -2.02. The van der Waals surface area contributed by atoms with Crippen molar-refractivity contribution < 1.29 is 4.39 Å². The Kier molecular flexibility index (Phi) is 3.49. The molecule has 0 spiro atoms. The van der Waals surface area contributed by atoms with E-state index in [1.54, 1.807) is 6.07 Å². The summed E-state index contributed by atoms with van der Waals surface area (Å²) in [6.45, 7) is 0.933. The zero-order chi connectivity index (χ0) is 14.9. The summed E-state index contributed by atoms with van der Waals surface area (Å²) >= 11 is 1.43. The first-order valence-electron chi connectivity index (χ1n) is 7.31. The number of fused-ring (bicyclic) bond motifs is 2. The smallest absolute Gasteiger partial charge is 0.197 e. The van der Waals surface area contributed by atoms with Crippen LogP contribution in [-0.2, 0) is 13.0 Å². The number of hydrogen-bond donors (Lipinski definition) is 0. The molecule has 0 unspecified atom stereocenters. The number of benzene rings is 1. The van der Waals surface area contributed by atoms with E-state index in [2.05, 4.69) is 24.7 Å². The molecule has 0 saturated heterocycles. The van der Waals surface area contributed by atoms with E-state index >= 15 is 0 Å². The lowest BCUT2D eigenvalue weighted by atomic mass is 10.2. The fourth-order valence-electron chi connectivity index (χ4n) is 2.71. The van der Waals surface area contributed by atoms with Crippen LogP contribution in [0.2, 0.25) is 0 Å². The van der Waals surface area contributed by atoms with E-state index in [1.807, 2.05) is 0 Å². The fourth-order valence-corrected chi connectivity index (χ4v) is 3.64. The third-order valence-corrected chi connectivity index (χ3v) is 4.83. The van der Waals surface area contributed by atoms with Gasteiger partial charge in [-0.25, -0.2) is 14.4 Å². The predicted octanol–water partition coefficient (Wildman–Crippen LogP) is 3.24. The first-order valence-corrected chi connectivity index (χ1v) is 8.13. The van der Waals surface area contributed by atoms with Gasteiger partial charge in [0.2, 0.25) is 0 Å². The molecular weight excluding hydrogens is 301 g/mol. The van der Waals surface area contributed by atoms with Crippen LogP contribution in [0.15, 0.2) is 34.7 Å². The van der Waals surface area contributed by atoms with Gasteiger partial charge in [0.25, 0.3) is 0 Å². The molecule has 0 amide bonds. The summed E-state index contributed by atoms with van der Waals surface area (Å²) in [6, 6.07) is 4.55. The Bertz CT molecular complexity index is 832. The number of hydrogen-bond acceptors (Lipinski definition) is 5. The topological polar surface area (TPSA) is 56.5 Å². The van der Waals surface area contributed by atoms with Crippen molar-refractivity contribution in [3.05, 3.63) is 36.2 Å². The van der Waals surface area contributed by atoms with Gasteiger partial charge in [0.05, 0.1) is 5.52 Å². The van der Waals surface area contributed by atoms with Gasteiger partial charge >= 0.3 is 0 Å². The van der Waals surface area contributed by atoms with Crippen molar-refractivity contribution in [1.29, 1.82) is 0 Å². The van der Waals surface area contributed by atoms with Crippen molar-refractivity contribution in [2.75, 3.05) is 0 Å². The molecule has 1 aliphatic rings. The van der Waals surface area contributed by atoms with Gasteiger partial charge in [0.15, 0.2) is 5.16 Å².